The van der Waals surface area contributed by atoms with Crippen LogP contribution in [0.2, 0.25) is 0 Å². The second-order valence-electron chi connectivity index (χ2n) is 3.67. The summed E-state index contributed by atoms with van der Waals surface area (Å²) in [4.78, 5) is 14.9. The predicted octanol–water partition coefficient (Wildman–Crippen LogP) is 2.47. The van der Waals surface area contributed by atoms with Crippen LogP contribution in [0.15, 0.2) is 36.5 Å². The Labute approximate surface area is 87.6 Å². The van der Waals surface area contributed by atoms with E-state index in [1.54, 1.807) is 6.20 Å². The van der Waals surface area contributed by atoms with Gasteiger partial charge in [0.15, 0.2) is 6.29 Å². The Morgan fingerprint density at radius 2 is 2.00 bits per heavy atom. The molecule has 0 atom stereocenters. The molecule has 0 aliphatic heterocycles. The topological polar surface area (TPSA) is 30.0 Å². The van der Waals surface area contributed by atoms with E-state index < -0.39 is 0 Å². The molecule has 0 bridgehead atoms. The number of rotatable bonds is 1. The molecular formula is C13H9NO. The van der Waals surface area contributed by atoms with Crippen molar-refractivity contribution in [2.45, 2.75) is 6.42 Å². The Morgan fingerprint density at radius 1 is 1.13 bits per heavy atom. The van der Waals surface area contributed by atoms with Crippen molar-refractivity contribution in [1.29, 1.82) is 0 Å². The van der Waals surface area contributed by atoms with Gasteiger partial charge in [0.25, 0.3) is 0 Å². The number of carbonyl (C=O) groups is 1. The first-order valence-corrected chi connectivity index (χ1v) is 4.91. The highest BCUT2D eigenvalue weighted by molar-refractivity contribution is 5.85. The summed E-state index contributed by atoms with van der Waals surface area (Å²) in [6.45, 7) is 0. The molecule has 0 spiro atoms. The number of aromatic nitrogens is 1. The number of hydrogen-bond acceptors (Lipinski definition) is 2. The van der Waals surface area contributed by atoms with E-state index in [-0.39, 0.29) is 0 Å². The maximum absolute atomic E-state index is 10.9. The summed E-state index contributed by atoms with van der Waals surface area (Å²) in [7, 11) is 0. The largest absolute Gasteiger partial charge is 0.296 e. The van der Waals surface area contributed by atoms with E-state index in [1.807, 2.05) is 18.2 Å². The van der Waals surface area contributed by atoms with Crippen molar-refractivity contribution in [3.8, 4) is 11.1 Å². The van der Waals surface area contributed by atoms with Crippen LogP contribution >= 0.6 is 0 Å². The van der Waals surface area contributed by atoms with Gasteiger partial charge in [0.1, 0.15) is 5.69 Å². The Balaban J connectivity index is 2.30. The molecule has 0 unspecified atom stereocenters. The maximum Gasteiger partial charge on any atom is 0.168 e. The molecule has 15 heavy (non-hydrogen) atoms. The Kier molecular flexibility index (Phi) is 1.68. The minimum absolute atomic E-state index is 0.573. The van der Waals surface area contributed by atoms with Crippen LogP contribution in [-0.4, -0.2) is 11.3 Å². The SMILES string of the molecule is O=Cc1nccc2c1Cc1ccccc1-2. The number of carbonyl (C=O) groups excluding carboxylic acids is 1. The van der Waals surface area contributed by atoms with Crippen LogP contribution in [0.3, 0.4) is 0 Å². The van der Waals surface area contributed by atoms with Gasteiger partial charge >= 0.3 is 0 Å². The normalized spacial score (nSPS) is 12.0. The fourth-order valence-electron chi connectivity index (χ4n) is 2.18. The van der Waals surface area contributed by atoms with Crippen molar-refractivity contribution in [3.05, 3.63) is 53.3 Å². The number of benzene rings is 1. The molecule has 3 rings (SSSR count). The van der Waals surface area contributed by atoms with Crippen LogP contribution < -0.4 is 0 Å². The molecule has 1 aliphatic carbocycles. The van der Waals surface area contributed by atoms with Crippen molar-refractivity contribution in [3.63, 3.8) is 0 Å². The standard InChI is InChI=1S/C13H9NO/c15-8-13-12-7-9-3-1-2-4-10(9)11(12)5-6-14-13/h1-6,8H,7H2. The van der Waals surface area contributed by atoms with Gasteiger partial charge in [0.05, 0.1) is 0 Å². The highest BCUT2D eigenvalue weighted by Gasteiger charge is 2.20. The van der Waals surface area contributed by atoms with E-state index in [9.17, 15) is 4.79 Å². The third-order valence-corrected chi connectivity index (χ3v) is 2.88. The second-order valence-corrected chi connectivity index (χ2v) is 3.67. The number of nitrogens with zero attached hydrogens (tertiary/aromatic N) is 1. The van der Waals surface area contributed by atoms with Gasteiger partial charge in [-0.15, -0.1) is 0 Å². The molecule has 0 saturated heterocycles. The molecule has 0 N–H and O–H groups in total. The lowest BCUT2D eigenvalue weighted by atomic mass is 10.1. The molecule has 0 saturated carbocycles. The fourth-order valence-corrected chi connectivity index (χ4v) is 2.18. The van der Waals surface area contributed by atoms with Gasteiger partial charge in [-0.25, -0.2) is 0 Å². The average Bonchev–Trinajstić information content (AvgIpc) is 2.67. The van der Waals surface area contributed by atoms with Gasteiger partial charge in [0, 0.05) is 12.6 Å². The van der Waals surface area contributed by atoms with Gasteiger partial charge in [-0.05, 0) is 28.3 Å². The summed E-state index contributed by atoms with van der Waals surface area (Å²) in [6.07, 6.45) is 3.36. The molecule has 1 aromatic carbocycles. The van der Waals surface area contributed by atoms with Crippen LogP contribution in [0, 0.1) is 0 Å². The molecule has 2 heteroatoms. The zero-order chi connectivity index (χ0) is 10.3. The van der Waals surface area contributed by atoms with Crippen molar-refractivity contribution in [1.82, 2.24) is 4.98 Å². The Morgan fingerprint density at radius 3 is 2.87 bits per heavy atom. The van der Waals surface area contributed by atoms with Crippen molar-refractivity contribution in [2.75, 3.05) is 0 Å². The molecule has 0 radical (unpaired) electrons. The molecule has 1 heterocycles. The fraction of sp³-hybridized carbons (Fsp3) is 0.0769. The first-order valence-electron chi connectivity index (χ1n) is 4.91. The molecule has 1 aromatic heterocycles. The van der Waals surface area contributed by atoms with Crippen LogP contribution in [0.5, 0.6) is 0 Å². The monoisotopic (exact) mass is 195 g/mol. The Bertz CT molecular complexity index is 546. The molecule has 0 amide bonds. The van der Waals surface area contributed by atoms with E-state index in [0.717, 1.165) is 23.8 Å². The summed E-state index contributed by atoms with van der Waals surface area (Å²) in [6, 6.07) is 10.2. The van der Waals surface area contributed by atoms with Gasteiger partial charge in [-0.3, -0.25) is 9.78 Å². The second kappa shape index (κ2) is 3.02. The molecule has 2 nitrogen and oxygen atoms in total. The lowest BCUT2D eigenvalue weighted by Crippen LogP contribution is -1.93. The number of fused-ring (bicyclic) bond motifs is 3. The van der Waals surface area contributed by atoms with E-state index in [1.165, 1.54) is 11.1 Å². The first kappa shape index (κ1) is 8.36. The number of aldehydes is 1. The number of hydrogen-bond donors (Lipinski definition) is 0. The van der Waals surface area contributed by atoms with Gasteiger partial charge in [0.2, 0.25) is 0 Å². The summed E-state index contributed by atoms with van der Waals surface area (Å²) in [5, 5.41) is 0. The summed E-state index contributed by atoms with van der Waals surface area (Å²) < 4.78 is 0. The van der Waals surface area contributed by atoms with E-state index >= 15 is 0 Å². The third kappa shape index (κ3) is 1.11. The van der Waals surface area contributed by atoms with Gasteiger partial charge < -0.3 is 0 Å². The summed E-state index contributed by atoms with van der Waals surface area (Å²) >= 11 is 0. The van der Waals surface area contributed by atoms with Crippen molar-refractivity contribution < 1.29 is 4.79 Å². The van der Waals surface area contributed by atoms with Crippen molar-refractivity contribution in [2.24, 2.45) is 0 Å². The van der Waals surface area contributed by atoms with E-state index in [2.05, 4.69) is 17.1 Å². The minimum Gasteiger partial charge on any atom is -0.296 e. The van der Waals surface area contributed by atoms with Gasteiger partial charge in [-0.2, -0.15) is 0 Å². The van der Waals surface area contributed by atoms with Crippen LogP contribution in [0.1, 0.15) is 21.6 Å². The van der Waals surface area contributed by atoms with Crippen LogP contribution in [0.25, 0.3) is 11.1 Å². The molecule has 1 aliphatic rings. The van der Waals surface area contributed by atoms with Gasteiger partial charge in [-0.1, -0.05) is 24.3 Å². The van der Waals surface area contributed by atoms with Crippen molar-refractivity contribution >= 4 is 6.29 Å². The number of pyridine rings is 1. The average molecular weight is 195 g/mol. The minimum atomic E-state index is 0.573. The lowest BCUT2D eigenvalue weighted by Gasteiger charge is -2.00. The molecule has 0 fully saturated rings. The first-order chi connectivity index (χ1) is 7.40. The highest BCUT2D eigenvalue weighted by Crippen LogP contribution is 2.36. The third-order valence-electron chi connectivity index (χ3n) is 2.88. The smallest absolute Gasteiger partial charge is 0.168 e. The zero-order valence-corrected chi connectivity index (χ0v) is 8.10. The molecular weight excluding hydrogens is 186 g/mol. The van der Waals surface area contributed by atoms with E-state index in [0.29, 0.717) is 5.69 Å². The quantitative estimate of drug-likeness (QED) is 0.558. The highest BCUT2D eigenvalue weighted by atomic mass is 16.1. The zero-order valence-electron chi connectivity index (χ0n) is 8.10. The maximum atomic E-state index is 10.9. The molecule has 2 aromatic rings. The van der Waals surface area contributed by atoms with E-state index in [4.69, 9.17) is 0 Å². The lowest BCUT2D eigenvalue weighted by molar-refractivity contribution is 0.111. The summed E-state index contributed by atoms with van der Waals surface area (Å²) in [5.74, 6) is 0. The predicted molar refractivity (Wildman–Crippen MR) is 57.9 cm³/mol. The summed E-state index contributed by atoms with van der Waals surface area (Å²) in [5.41, 5.74) is 5.31. The van der Waals surface area contributed by atoms with Crippen LogP contribution in [0.4, 0.5) is 0 Å². The Hall–Kier alpha value is -1.96. The molecule has 72 valence electrons. The van der Waals surface area contributed by atoms with Crippen LogP contribution in [-0.2, 0) is 6.42 Å².